The van der Waals surface area contributed by atoms with Crippen molar-refractivity contribution in [2.75, 3.05) is 0 Å². The zero-order valence-electron chi connectivity index (χ0n) is 13.9. The topological polar surface area (TPSA) is 163 Å². The number of ether oxygens (including phenoxy) is 1. The molecule has 0 spiro atoms. The molecule has 142 valence electrons. The second-order valence-electron chi connectivity index (χ2n) is 5.53. The summed E-state index contributed by atoms with van der Waals surface area (Å²) in [6, 6.07) is 7.99. The molecule has 0 atom stereocenters. The number of rotatable bonds is 5. The molecule has 11 heteroatoms. The van der Waals surface area contributed by atoms with Crippen LogP contribution in [0.2, 0.25) is 0 Å². The number of nitrogens with zero attached hydrogens (tertiary/aromatic N) is 2. The first-order chi connectivity index (χ1) is 13.3. The van der Waals surface area contributed by atoms with Crippen molar-refractivity contribution in [3.63, 3.8) is 0 Å². The fourth-order valence-electron chi connectivity index (χ4n) is 2.42. The van der Waals surface area contributed by atoms with Gasteiger partial charge in [0.15, 0.2) is 0 Å². The van der Waals surface area contributed by atoms with Crippen molar-refractivity contribution in [2.45, 2.75) is 6.61 Å². The molecule has 2 aromatic carbocycles. The van der Waals surface area contributed by atoms with E-state index in [1.165, 1.54) is 18.2 Å². The van der Waals surface area contributed by atoms with Gasteiger partial charge in [-0.05, 0) is 23.8 Å². The minimum atomic E-state index is -1.28. The molecule has 11 nitrogen and oxygen atoms in total. The van der Waals surface area contributed by atoms with Gasteiger partial charge in [0.05, 0.1) is 22.5 Å². The van der Waals surface area contributed by atoms with Crippen LogP contribution in [0, 0.1) is 20.2 Å². The van der Waals surface area contributed by atoms with Crippen LogP contribution in [-0.4, -0.2) is 20.9 Å². The molecule has 3 rings (SSSR count). The predicted molar refractivity (Wildman–Crippen MR) is 93.1 cm³/mol. The van der Waals surface area contributed by atoms with Gasteiger partial charge in [-0.2, -0.15) is 0 Å². The standard InChI is InChI=1S/C17H10N2O9/c20-8-9-1-4-14-10(5-9)6-12(16(21)27-14)17(22)28-15-7-11(18(23)24)2-3-13(15)19(25)26/h1-7,20H,8H2. The maximum absolute atomic E-state index is 12.4. The zero-order chi connectivity index (χ0) is 20.4. The van der Waals surface area contributed by atoms with E-state index in [1.807, 2.05) is 0 Å². The second kappa shape index (κ2) is 7.25. The number of carbonyl (C=O) groups is 1. The van der Waals surface area contributed by atoms with E-state index in [0.717, 1.165) is 18.2 Å². The lowest BCUT2D eigenvalue weighted by atomic mass is 10.1. The third-order valence-corrected chi connectivity index (χ3v) is 3.75. The molecule has 0 bridgehead atoms. The molecule has 0 unspecified atom stereocenters. The number of aliphatic hydroxyl groups excluding tert-OH is 1. The van der Waals surface area contributed by atoms with Crippen LogP contribution in [0.5, 0.6) is 5.75 Å². The summed E-state index contributed by atoms with van der Waals surface area (Å²) in [4.78, 5) is 44.7. The molecule has 28 heavy (non-hydrogen) atoms. The maximum atomic E-state index is 12.4. The van der Waals surface area contributed by atoms with Gasteiger partial charge in [0, 0.05) is 17.5 Å². The molecular formula is C17H10N2O9. The van der Waals surface area contributed by atoms with Crippen molar-refractivity contribution in [1.82, 2.24) is 0 Å². The van der Waals surface area contributed by atoms with Gasteiger partial charge < -0.3 is 14.3 Å². The monoisotopic (exact) mass is 386 g/mol. The van der Waals surface area contributed by atoms with Crippen molar-refractivity contribution < 1.29 is 28.9 Å². The summed E-state index contributed by atoms with van der Waals surface area (Å²) in [7, 11) is 0. The van der Waals surface area contributed by atoms with Crippen molar-refractivity contribution in [2.24, 2.45) is 0 Å². The van der Waals surface area contributed by atoms with Crippen LogP contribution >= 0.6 is 0 Å². The highest BCUT2D eigenvalue weighted by Crippen LogP contribution is 2.31. The molecule has 0 saturated heterocycles. The van der Waals surface area contributed by atoms with Crippen LogP contribution < -0.4 is 10.4 Å². The Morgan fingerprint density at radius 1 is 1.07 bits per heavy atom. The Kier molecular flexibility index (Phi) is 4.83. The molecule has 0 amide bonds. The molecule has 0 radical (unpaired) electrons. The van der Waals surface area contributed by atoms with Crippen LogP contribution in [0.25, 0.3) is 11.0 Å². The minimum absolute atomic E-state index is 0.153. The first kappa shape index (κ1) is 18.7. The fourth-order valence-corrected chi connectivity index (χ4v) is 2.42. The highest BCUT2D eigenvalue weighted by Gasteiger charge is 2.24. The van der Waals surface area contributed by atoms with E-state index in [2.05, 4.69) is 0 Å². The van der Waals surface area contributed by atoms with Crippen LogP contribution in [-0.2, 0) is 6.61 Å². The smallest absolute Gasteiger partial charge is 0.351 e. The van der Waals surface area contributed by atoms with E-state index in [0.29, 0.717) is 17.0 Å². The number of nitro groups is 2. The Hall–Kier alpha value is -4.12. The van der Waals surface area contributed by atoms with Gasteiger partial charge >= 0.3 is 17.3 Å². The van der Waals surface area contributed by atoms with Gasteiger partial charge in [-0.3, -0.25) is 20.2 Å². The van der Waals surface area contributed by atoms with Crippen molar-refractivity contribution in [1.29, 1.82) is 0 Å². The number of non-ortho nitro benzene ring substituents is 1. The maximum Gasteiger partial charge on any atom is 0.351 e. The van der Waals surface area contributed by atoms with Crippen LogP contribution in [0.4, 0.5) is 11.4 Å². The number of fused-ring (bicyclic) bond motifs is 1. The molecule has 3 aromatic rings. The molecule has 1 N–H and O–H groups in total. The average molecular weight is 386 g/mol. The lowest BCUT2D eigenvalue weighted by Crippen LogP contribution is -2.19. The lowest BCUT2D eigenvalue weighted by Gasteiger charge is -2.06. The summed E-state index contributed by atoms with van der Waals surface area (Å²) in [5.41, 5.74) is -2.20. The van der Waals surface area contributed by atoms with E-state index in [-0.39, 0.29) is 12.2 Å². The third-order valence-electron chi connectivity index (χ3n) is 3.75. The highest BCUT2D eigenvalue weighted by molar-refractivity contribution is 5.94. The molecule has 0 aliphatic rings. The van der Waals surface area contributed by atoms with Crippen LogP contribution in [0.1, 0.15) is 15.9 Å². The number of esters is 1. The van der Waals surface area contributed by atoms with E-state index >= 15 is 0 Å². The molecule has 0 saturated carbocycles. The fraction of sp³-hybridized carbons (Fsp3) is 0.0588. The molecule has 1 aromatic heterocycles. The molecule has 0 fully saturated rings. The molecule has 0 aliphatic heterocycles. The van der Waals surface area contributed by atoms with Gasteiger partial charge in [0.2, 0.25) is 5.75 Å². The van der Waals surface area contributed by atoms with Crippen molar-refractivity contribution in [3.05, 3.63) is 84.2 Å². The number of benzene rings is 2. The average Bonchev–Trinajstić information content (AvgIpc) is 2.66. The Balaban J connectivity index is 2.04. The summed E-state index contributed by atoms with van der Waals surface area (Å²) in [5, 5.41) is 31.4. The number of hydrogen-bond acceptors (Lipinski definition) is 9. The molecule has 0 aliphatic carbocycles. The van der Waals surface area contributed by atoms with Gasteiger partial charge in [-0.25, -0.2) is 9.59 Å². The Bertz CT molecular complexity index is 1180. The predicted octanol–water partition coefficient (Wildman–Crippen LogP) is 2.32. The summed E-state index contributed by atoms with van der Waals surface area (Å²) in [5.74, 6) is -1.97. The van der Waals surface area contributed by atoms with Crippen LogP contribution in [0.3, 0.4) is 0 Å². The van der Waals surface area contributed by atoms with E-state index in [1.54, 1.807) is 0 Å². The van der Waals surface area contributed by atoms with Gasteiger partial charge in [-0.1, -0.05) is 6.07 Å². The van der Waals surface area contributed by atoms with E-state index in [9.17, 15) is 34.9 Å². The van der Waals surface area contributed by atoms with Gasteiger partial charge in [-0.15, -0.1) is 0 Å². The van der Waals surface area contributed by atoms with Crippen molar-refractivity contribution >= 4 is 28.3 Å². The Morgan fingerprint density at radius 3 is 2.46 bits per heavy atom. The summed E-state index contributed by atoms with van der Waals surface area (Å²) < 4.78 is 9.89. The second-order valence-corrected chi connectivity index (χ2v) is 5.53. The minimum Gasteiger partial charge on any atom is -0.422 e. The SMILES string of the molecule is O=C(Oc1cc([N+](=O)[O-])ccc1[N+](=O)[O-])c1cc2cc(CO)ccc2oc1=O. The first-order valence-corrected chi connectivity index (χ1v) is 7.63. The Labute approximate surface area is 154 Å². The first-order valence-electron chi connectivity index (χ1n) is 7.63. The summed E-state index contributed by atoms with van der Waals surface area (Å²) in [6.07, 6.45) is 0. The van der Waals surface area contributed by atoms with E-state index in [4.69, 9.17) is 9.15 Å². The zero-order valence-corrected chi connectivity index (χ0v) is 13.9. The van der Waals surface area contributed by atoms with Gasteiger partial charge in [0.25, 0.3) is 5.69 Å². The Morgan fingerprint density at radius 2 is 1.82 bits per heavy atom. The van der Waals surface area contributed by atoms with E-state index < -0.39 is 44.1 Å². The number of hydrogen-bond donors (Lipinski definition) is 1. The largest absolute Gasteiger partial charge is 0.422 e. The number of nitro benzene ring substituents is 2. The van der Waals surface area contributed by atoms with Crippen molar-refractivity contribution in [3.8, 4) is 5.75 Å². The molecule has 1 heterocycles. The van der Waals surface area contributed by atoms with Crippen LogP contribution in [0.15, 0.2) is 51.7 Å². The van der Waals surface area contributed by atoms with Gasteiger partial charge in [0.1, 0.15) is 11.1 Å². The quantitative estimate of drug-likeness (QED) is 0.228. The lowest BCUT2D eigenvalue weighted by molar-refractivity contribution is -0.389. The normalized spacial score (nSPS) is 10.6. The summed E-state index contributed by atoms with van der Waals surface area (Å²) in [6.45, 7) is -0.283. The number of aliphatic hydroxyl groups is 1. The molecular weight excluding hydrogens is 376 g/mol. The highest BCUT2D eigenvalue weighted by atomic mass is 16.6. The summed E-state index contributed by atoms with van der Waals surface area (Å²) >= 11 is 0. The number of carbonyl (C=O) groups excluding carboxylic acids is 1. The third kappa shape index (κ3) is 3.54.